The number of nitrogens with zero attached hydrogens (tertiary/aromatic N) is 4. The molecule has 0 aliphatic carbocycles. The third-order valence-electron chi connectivity index (χ3n) is 4.87. The van der Waals surface area contributed by atoms with E-state index in [1.165, 1.54) is 16.8 Å². The van der Waals surface area contributed by atoms with Crippen LogP contribution >= 0.6 is 0 Å². The van der Waals surface area contributed by atoms with Gasteiger partial charge in [-0.1, -0.05) is 48.5 Å². The summed E-state index contributed by atoms with van der Waals surface area (Å²) in [5, 5.41) is 0. The molecule has 0 spiro atoms. The number of fused-ring (bicyclic) bond motifs is 1. The average Bonchev–Trinajstić information content (AvgIpc) is 3.11. The molecule has 0 fully saturated rings. The van der Waals surface area contributed by atoms with Gasteiger partial charge >= 0.3 is 0 Å². The molecule has 0 amide bonds. The molecule has 0 radical (unpaired) electrons. The highest BCUT2D eigenvalue weighted by molar-refractivity contribution is 5.67. The Hall–Kier alpha value is -2.88. The fourth-order valence-corrected chi connectivity index (χ4v) is 3.47. The standard InChI is InChI=1S/C22H24N4/c1-17(2)26(16-18-8-4-3-5-9-18)22-23-14-12-21(24-22)25-15-13-19-10-6-7-11-20(19)25/h3-12,14,17H,13,15-16H2,1-2H3. The van der Waals surface area contributed by atoms with Crippen molar-refractivity contribution in [3.8, 4) is 0 Å². The van der Waals surface area contributed by atoms with Gasteiger partial charge in [-0.25, -0.2) is 4.98 Å². The second-order valence-electron chi connectivity index (χ2n) is 6.95. The fourth-order valence-electron chi connectivity index (χ4n) is 3.47. The lowest BCUT2D eigenvalue weighted by Crippen LogP contribution is -2.32. The first kappa shape index (κ1) is 16.6. The van der Waals surface area contributed by atoms with E-state index in [0.717, 1.165) is 31.3 Å². The molecule has 1 aliphatic heterocycles. The average molecular weight is 344 g/mol. The normalized spacial score (nSPS) is 13.1. The van der Waals surface area contributed by atoms with Crippen LogP contribution in [0, 0.1) is 0 Å². The maximum absolute atomic E-state index is 4.91. The van der Waals surface area contributed by atoms with Crippen LogP contribution in [-0.2, 0) is 13.0 Å². The van der Waals surface area contributed by atoms with Gasteiger partial charge in [0.05, 0.1) is 0 Å². The van der Waals surface area contributed by atoms with E-state index < -0.39 is 0 Å². The molecule has 0 bridgehead atoms. The van der Waals surface area contributed by atoms with Crippen LogP contribution in [0.25, 0.3) is 0 Å². The number of hydrogen-bond acceptors (Lipinski definition) is 4. The lowest BCUT2D eigenvalue weighted by atomic mass is 10.2. The summed E-state index contributed by atoms with van der Waals surface area (Å²) in [6, 6.07) is 21.4. The van der Waals surface area contributed by atoms with Crippen molar-refractivity contribution < 1.29 is 0 Å². The van der Waals surface area contributed by atoms with Gasteiger partial charge in [-0.15, -0.1) is 0 Å². The topological polar surface area (TPSA) is 32.3 Å². The molecule has 2 aromatic carbocycles. The Morgan fingerprint density at radius 3 is 2.58 bits per heavy atom. The van der Waals surface area contributed by atoms with Crippen molar-refractivity contribution in [3.05, 3.63) is 78.0 Å². The molecule has 0 N–H and O–H groups in total. The number of aromatic nitrogens is 2. The number of rotatable bonds is 5. The molecule has 4 heteroatoms. The van der Waals surface area contributed by atoms with Gasteiger partial charge in [0.15, 0.2) is 0 Å². The molecule has 1 aliphatic rings. The monoisotopic (exact) mass is 344 g/mol. The van der Waals surface area contributed by atoms with Gasteiger partial charge in [0.1, 0.15) is 5.82 Å². The molecule has 132 valence electrons. The van der Waals surface area contributed by atoms with Gasteiger partial charge < -0.3 is 9.80 Å². The van der Waals surface area contributed by atoms with Gasteiger partial charge in [0, 0.05) is 31.0 Å². The third kappa shape index (κ3) is 3.27. The highest BCUT2D eigenvalue weighted by Crippen LogP contribution is 2.33. The Morgan fingerprint density at radius 1 is 1.00 bits per heavy atom. The summed E-state index contributed by atoms with van der Waals surface area (Å²) in [4.78, 5) is 14.0. The van der Waals surface area contributed by atoms with Crippen molar-refractivity contribution in [1.82, 2.24) is 9.97 Å². The highest BCUT2D eigenvalue weighted by Gasteiger charge is 2.22. The molecule has 0 atom stereocenters. The second-order valence-corrected chi connectivity index (χ2v) is 6.95. The van der Waals surface area contributed by atoms with E-state index in [9.17, 15) is 0 Å². The van der Waals surface area contributed by atoms with Crippen LogP contribution in [0.1, 0.15) is 25.0 Å². The quantitative estimate of drug-likeness (QED) is 0.678. The SMILES string of the molecule is CC(C)N(Cc1ccccc1)c1nccc(N2CCc3ccccc32)n1. The second kappa shape index (κ2) is 7.16. The van der Waals surface area contributed by atoms with Gasteiger partial charge in [0.25, 0.3) is 0 Å². The minimum Gasteiger partial charge on any atom is -0.334 e. The van der Waals surface area contributed by atoms with Crippen molar-refractivity contribution in [1.29, 1.82) is 0 Å². The van der Waals surface area contributed by atoms with E-state index in [-0.39, 0.29) is 0 Å². The van der Waals surface area contributed by atoms with Gasteiger partial charge in [-0.05, 0) is 43.5 Å². The minimum absolute atomic E-state index is 0.316. The largest absolute Gasteiger partial charge is 0.334 e. The minimum atomic E-state index is 0.316. The molecule has 26 heavy (non-hydrogen) atoms. The van der Waals surface area contributed by atoms with Crippen molar-refractivity contribution in [3.63, 3.8) is 0 Å². The first-order valence-electron chi connectivity index (χ1n) is 9.21. The van der Waals surface area contributed by atoms with Crippen LogP contribution < -0.4 is 9.80 Å². The van der Waals surface area contributed by atoms with E-state index >= 15 is 0 Å². The zero-order valence-corrected chi connectivity index (χ0v) is 15.3. The predicted molar refractivity (Wildman–Crippen MR) is 107 cm³/mol. The van der Waals surface area contributed by atoms with E-state index in [0.29, 0.717) is 6.04 Å². The van der Waals surface area contributed by atoms with E-state index in [1.54, 1.807) is 0 Å². The molecule has 3 aromatic rings. The number of anilines is 3. The Labute approximate surface area is 155 Å². The summed E-state index contributed by atoms with van der Waals surface area (Å²) in [6.07, 6.45) is 2.94. The highest BCUT2D eigenvalue weighted by atomic mass is 15.3. The third-order valence-corrected chi connectivity index (χ3v) is 4.87. The predicted octanol–water partition coefficient (Wildman–Crippen LogP) is 4.59. The molecular weight excluding hydrogens is 320 g/mol. The summed E-state index contributed by atoms with van der Waals surface area (Å²) in [7, 11) is 0. The van der Waals surface area contributed by atoms with Crippen molar-refractivity contribution in [2.24, 2.45) is 0 Å². The van der Waals surface area contributed by atoms with Crippen LogP contribution in [-0.4, -0.2) is 22.6 Å². The van der Waals surface area contributed by atoms with Crippen molar-refractivity contribution in [2.45, 2.75) is 32.9 Å². The van der Waals surface area contributed by atoms with Crippen LogP contribution in [0.5, 0.6) is 0 Å². The van der Waals surface area contributed by atoms with E-state index in [2.05, 4.69) is 77.2 Å². The Morgan fingerprint density at radius 2 is 1.77 bits per heavy atom. The number of hydrogen-bond donors (Lipinski definition) is 0. The lowest BCUT2D eigenvalue weighted by molar-refractivity contribution is 0.660. The van der Waals surface area contributed by atoms with Crippen LogP contribution in [0.3, 0.4) is 0 Å². The number of benzene rings is 2. The Kier molecular flexibility index (Phi) is 4.57. The van der Waals surface area contributed by atoms with Crippen LogP contribution in [0.4, 0.5) is 17.5 Å². The van der Waals surface area contributed by atoms with Gasteiger partial charge in [0.2, 0.25) is 5.95 Å². The van der Waals surface area contributed by atoms with Crippen molar-refractivity contribution >= 4 is 17.5 Å². The van der Waals surface area contributed by atoms with E-state index in [1.807, 2.05) is 18.3 Å². The molecular formula is C22H24N4. The smallest absolute Gasteiger partial charge is 0.227 e. The van der Waals surface area contributed by atoms with Gasteiger partial charge in [-0.2, -0.15) is 4.98 Å². The van der Waals surface area contributed by atoms with Crippen molar-refractivity contribution in [2.75, 3.05) is 16.3 Å². The molecule has 0 saturated carbocycles. The molecule has 4 rings (SSSR count). The first-order valence-corrected chi connectivity index (χ1v) is 9.21. The zero-order chi connectivity index (χ0) is 17.9. The first-order chi connectivity index (χ1) is 12.7. The van der Waals surface area contributed by atoms with Gasteiger partial charge in [-0.3, -0.25) is 0 Å². The maximum atomic E-state index is 4.91. The summed E-state index contributed by atoms with van der Waals surface area (Å²) >= 11 is 0. The molecule has 0 unspecified atom stereocenters. The summed E-state index contributed by atoms with van der Waals surface area (Å²) < 4.78 is 0. The number of para-hydroxylation sites is 1. The summed E-state index contributed by atoms with van der Waals surface area (Å²) in [6.45, 7) is 6.14. The molecule has 0 saturated heterocycles. The Bertz CT molecular complexity index is 876. The summed E-state index contributed by atoms with van der Waals surface area (Å²) in [5.41, 5.74) is 3.91. The maximum Gasteiger partial charge on any atom is 0.227 e. The van der Waals surface area contributed by atoms with Crippen LogP contribution in [0.2, 0.25) is 0 Å². The zero-order valence-electron chi connectivity index (χ0n) is 15.3. The lowest BCUT2D eigenvalue weighted by Gasteiger charge is -2.28. The fraction of sp³-hybridized carbons (Fsp3) is 0.273. The summed E-state index contributed by atoms with van der Waals surface area (Å²) in [5.74, 6) is 1.75. The van der Waals surface area contributed by atoms with Crippen LogP contribution in [0.15, 0.2) is 66.9 Å². The molecule has 4 nitrogen and oxygen atoms in total. The van der Waals surface area contributed by atoms with E-state index in [4.69, 9.17) is 4.98 Å². The Balaban J connectivity index is 1.64. The molecule has 2 heterocycles. The molecule has 1 aromatic heterocycles.